The summed E-state index contributed by atoms with van der Waals surface area (Å²) in [5.74, 6) is -0.396. The van der Waals surface area contributed by atoms with Crippen LogP contribution in [0.4, 0.5) is 4.39 Å². The van der Waals surface area contributed by atoms with Crippen LogP contribution in [-0.2, 0) is 6.54 Å². The number of pyridine rings is 1. The van der Waals surface area contributed by atoms with Crippen molar-refractivity contribution in [2.75, 3.05) is 0 Å². The predicted molar refractivity (Wildman–Crippen MR) is 111 cm³/mol. The molecule has 0 aliphatic rings. The Labute approximate surface area is 171 Å². The van der Waals surface area contributed by atoms with Crippen molar-refractivity contribution in [1.82, 2.24) is 9.55 Å². The second kappa shape index (κ2) is 7.09. The summed E-state index contributed by atoms with van der Waals surface area (Å²) in [5.41, 5.74) is 10.1. The van der Waals surface area contributed by atoms with E-state index >= 15 is 0 Å². The second-order valence-corrected chi connectivity index (χ2v) is 7.28. The van der Waals surface area contributed by atoms with E-state index in [1.165, 1.54) is 12.1 Å². The SMILES string of the molecule is Cc1nc2c(O)n(-c3ccc(F)cc3)cc2c(-c2ccc(Cl)cc2Cl)c1CN. The molecule has 142 valence electrons. The summed E-state index contributed by atoms with van der Waals surface area (Å²) in [5, 5.41) is 12.5. The molecule has 4 aromatic rings. The normalized spacial score (nSPS) is 11.3. The van der Waals surface area contributed by atoms with E-state index in [-0.39, 0.29) is 18.2 Å². The summed E-state index contributed by atoms with van der Waals surface area (Å²) in [7, 11) is 0. The van der Waals surface area contributed by atoms with Crippen LogP contribution in [0.15, 0.2) is 48.7 Å². The maximum absolute atomic E-state index is 13.3. The summed E-state index contributed by atoms with van der Waals surface area (Å²) >= 11 is 12.5. The number of aromatic nitrogens is 2. The van der Waals surface area contributed by atoms with Gasteiger partial charge >= 0.3 is 0 Å². The summed E-state index contributed by atoms with van der Waals surface area (Å²) in [6.45, 7) is 2.09. The highest BCUT2D eigenvalue weighted by Crippen LogP contribution is 2.41. The molecule has 0 aliphatic carbocycles. The van der Waals surface area contributed by atoms with E-state index in [2.05, 4.69) is 4.98 Å². The van der Waals surface area contributed by atoms with Gasteiger partial charge in [0.25, 0.3) is 0 Å². The van der Waals surface area contributed by atoms with Gasteiger partial charge in [0.05, 0.1) is 0 Å². The number of hydrogen-bond acceptors (Lipinski definition) is 3. The summed E-state index contributed by atoms with van der Waals surface area (Å²) in [4.78, 5) is 4.55. The number of aromatic hydroxyl groups is 1. The van der Waals surface area contributed by atoms with Crippen molar-refractivity contribution >= 4 is 34.1 Å². The first-order valence-electron chi connectivity index (χ1n) is 8.55. The highest BCUT2D eigenvalue weighted by atomic mass is 35.5. The third-order valence-electron chi connectivity index (χ3n) is 4.75. The second-order valence-electron chi connectivity index (χ2n) is 6.44. The molecule has 0 unspecified atom stereocenters. The Hall–Kier alpha value is -2.60. The zero-order valence-corrected chi connectivity index (χ0v) is 16.4. The fourth-order valence-corrected chi connectivity index (χ4v) is 3.91. The highest BCUT2D eigenvalue weighted by molar-refractivity contribution is 6.36. The third-order valence-corrected chi connectivity index (χ3v) is 5.30. The van der Waals surface area contributed by atoms with Gasteiger partial charge in [-0.2, -0.15) is 0 Å². The number of nitrogens with zero attached hydrogens (tertiary/aromatic N) is 2. The average Bonchev–Trinajstić information content (AvgIpc) is 2.98. The van der Waals surface area contributed by atoms with Gasteiger partial charge in [-0.25, -0.2) is 9.37 Å². The summed E-state index contributed by atoms with van der Waals surface area (Å²) in [6, 6.07) is 11.1. The van der Waals surface area contributed by atoms with Gasteiger partial charge in [-0.3, -0.25) is 4.57 Å². The number of fused-ring (bicyclic) bond motifs is 1. The van der Waals surface area contributed by atoms with E-state index in [0.29, 0.717) is 32.3 Å². The first kappa shape index (κ1) is 18.7. The number of rotatable bonds is 3. The molecule has 2 aromatic carbocycles. The van der Waals surface area contributed by atoms with E-state index in [9.17, 15) is 9.50 Å². The quantitative estimate of drug-likeness (QED) is 0.456. The molecule has 28 heavy (non-hydrogen) atoms. The summed E-state index contributed by atoms with van der Waals surface area (Å²) < 4.78 is 14.9. The standard InChI is InChI=1S/C21H16Cl2FN3O/c1-11-16(9-25)19(15-7-2-12(22)8-18(15)23)17-10-27(21(28)20(17)26-11)14-5-3-13(24)4-6-14/h2-8,10,28H,9,25H2,1H3. The average molecular weight is 416 g/mol. The van der Waals surface area contributed by atoms with E-state index in [0.717, 1.165) is 16.7 Å². The van der Waals surface area contributed by atoms with Crippen LogP contribution in [0, 0.1) is 12.7 Å². The molecule has 0 radical (unpaired) electrons. The molecule has 4 rings (SSSR count). The molecule has 2 heterocycles. The number of nitrogens with two attached hydrogens (primary N) is 1. The van der Waals surface area contributed by atoms with Crippen LogP contribution < -0.4 is 5.73 Å². The Bertz CT molecular complexity index is 1200. The minimum absolute atomic E-state index is 0.0420. The predicted octanol–water partition coefficient (Wildman–Crippen LogP) is 5.61. The molecule has 0 aliphatic heterocycles. The number of hydrogen-bond donors (Lipinski definition) is 2. The van der Waals surface area contributed by atoms with Crippen molar-refractivity contribution in [2.24, 2.45) is 5.73 Å². The summed E-state index contributed by atoms with van der Waals surface area (Å²) in [6.07, 6.45) is 1.75. The van der Waals surface area contributed by atoms with E-state index in [4.69, 9.17) is 28.9 Å². The van der Waals surface area contributed by atoms with Gasteiger partial charge < -0.3 is 10.8 Å². The first-order valence-corrected chi connectivity index (χ1v) is 9.31. The molecule has 0 atom stereocenters. The molecule has 0 spiro atoms. The maximum Gasteiger partial charge on any atom is 0.223 e. The van der Waals surface area contributed by atoms with Gasteiger partial charge in [0.1, 0.15) is 11.3 Å². The molecule has 7 heteroatoms. The van der Waals surface area contributed by atoms with E-state index < -0.39 is 0 Å². The van der Waals surface area contributed by atoms with Gasteiger partial charge in [0.2, 0.25) is 5.88 Å². The van der Waals surface area contributed by atoms with Crippen molar-refractivity contribution in [3.8, 4) is 22.7 Å². The van der Waals surface area contributed by atoms with Crippen LogP contribution in [0.2, 0.25) is 10.0 Å². The zero-order valence-electron chi connectivity index (χ0n) is 14.9. The van der Waals surface area contributed by atoms with Gasteiger partial charge in [-0.1, -0.05) is 29.3 Å². The molecule has 0 fully saturated rings. The molecular formula is C21H16Cl2FN3O. The van der Waals surface area contributed by atoms with Crippen molar-refractivity contribution in [2.45, 2.75) is 13.5 Å². The van der Waals surface area contributed by atoms with Gasteiger partial charge in [0, 0.05) is 50.7 Å². The number of aryl methyl sites for hydroxylation is 1. The van der Waals surface area contributed by atoms with E-state index in [1.807, 2.05) is 13.0 Å². The van der Waals surface area contributed by atoms with Crippen LogP contribution in [0.3, 0.4) is 0 Å². The Kier molecular flexibility index (Phi) is 4.75. The van der Waals surface area contributed by atoms with Gasteiger partial charge in [-0.05, 0) is 48.9 Å². The van der Waals surface area contributed by atoms with Crippen LogP contribution in [-0.4, -0.2) is 14.7 Å². The highest BCUT2D eigenvalue weighted by Gasteiger charge is 2.21. The Morgan fingerprint density at radius 3 is 2.50 bits per heavy atom. The first-order chi connectivity index (χ1) is 13.4. The van der Waals surface area contributed by atoms with Crippen molar-refractivity contribution in [3.63, 3.8) is 0 Å². The Morgan fingerprint density at radius 1 is 1.14 bits per heavy atom. The fourth-order valence-electron chi connectivity index (χ4n) is 3.41. The van der Waals surface area contributed by atoms with Crippen LogP contribution >= 0.6 is 23.2 Å². The minimum Gasteiger partial charge on any atom is -0.493 e. The van der Waals surface area contributed by atoms with E-state index in [1.54, 1.807) is 35.0 Å². The Morgan fingerprint density at radius 2 is 1.86 bits per heavy atom. The van der Waals surface area contributed by atoms with Crippen LogP contribution in [0.5, 0.6) is 5.88 Å². The Balaban J connectivity index is 2.07. The molecule has 0 bridgehead atoms. The lowest BCUT2D eigenvalue weighted by Crippen LogP contribution is -2.04. The van der Waals surface area contributed by atoms with Gasteiger partial charge in [-0.15, -0.1) is 0 Å². The fraction of sp³-hybridized carbons (Fsp3) is 0.0952. The molecule has 0 saturated carbocycles. The molecule has 2 aromatic heterocycles. The van der Waals surface area contributed by atoms with Crippen LogP contribution in [0.25, 0.3) is 27.7 Å². The third kappa shape index (κ3) is 3.02. The van der Waals surface area contributed by atoms with Crippen molar-refractivity contribution < 1.29 is 9.50 Å². The molecule has 3 N–H and O–H groups in total. The van der Waals surface area contributed by atoms with Crippen molar-refractivity contribution in [3.05, 3.63) is 75.8 Å². The van der Waals surface area contributed by atoms with Gasteiger partial charge in [0.15, 0.2) is 0 Å². The lowest BCUT2D eigenvalue weighted by atomic mass is 9.96. The van der Waals surface area contributed by atoms with Crippen LogP contribution in [0.1, 0.15) is 11.3 Å². The largest absolute Gasteiger partial charge is 0.493 e. The molecule has 0 saturated heterocycles. The smallest absolute Gasteiger partial charge is 0.223 e. The molecule has 4 nitrogen and oxygen atoms in total. The topological polar surface area (TPSA) is 64.1 Å². The minimum atomic E-state index is -0.354. The van der Waals surface area contributed by atoms with Crippen molar-refractivity contribution in [1.29, 1.82) is 0 Å². The molecular weight excluding hydrogens is 400 g/mol. The lowest BCUT2D eigenvalue weighted by molar-refractivity contribution is 0.447. The number of benzene rings is 2. The monoisotopic (exact) mass is 415 g/mol. The lowest BCUT2D eigenvalue weighted by Gasteiger charge is -2.14. The molecule has 0 amide bonds. The maximum atomic E-state index is 13.3. The number of halogens is 3. The zero-order chi connectivity index (χ0) is 20.0.